The van der Waals surface area contributed by atoms with Crippen molar-refractivity contribution in [2.24, 2.45) is 0 Å². The average Bonchev–Trinajstić information content (AvgIpc) is 3.16. The van der Waals surface area contributed by atoms with E-state index in [9.17, 15) is 4.79 Å². The Balaban J connectivity index is 1.77. The van der Waals surface area contributed by atoms with Gasteiger partial charge in [-0.05, 0) is 45.7 Å². The summed E-state index contributed by atoms with van der Waals surface area (Å²) in [5, 5.41) is 0.972. The fourth-order valence-electron chi connectivity index (χ4n) is 3.73. The number of amides is 1. The van der Waals surface area contributed by atoms with Gasteiger partial charge in [-0.1, -0.05) is 6.92 Å². The molecule has 0 bridgehead atoms. The van der Waals surface area contributed by atoms with Gasteiger partial charge in [0.25, 0.3) is 5.91 Å². The van der Waals surface area contributed by atoms with Crippen LogP contribution >= 0.6 is 11.3 Å². The first-order chi connectivity index (χ1) is 9.70. The van der Waals surface area contributed by atoms with Crippen molar-refractivity contribution >= 4 is 17.2 Å². The number of nitrogens with zero attached hydrogens (tertiary/aromatic N) is 3. The van der Waals surface area contributed by atoms with E-state index in [2.05, 4.69) is 21.7 Å². The lowest BCUT2D eigenvalue weighted by atomic mass is 10.0. The summed E-state index contributed by atoms with van der Waals surface area (Å²) in [7, 11) is 0. The topological polar surface area (TPSA) is 36.4 Å². The van der Waals surface area contributed by atoms with Crippen LogP contribution in [0.5, 0.6) is 0 Å². The lowest BCUT2D eigenvalue weighted by Gasteiger charge is -2.34. The lowest BCUT2D eigenvalue weighted by Crippen LogP contribution is -2.48. The van der Waals surface area contributed by atoms with E-state index in [1.807, 2.05) is 6.92 Å². The Hall–Kier alpha value is -0.940. The molecule has 0 unspecified atom stereocenters. The second kappa shape index (κ2) is 5.82. The van der Waals surface area contributed by atoms with Crippen molar-refractivity contribution in [3.63, 3.8) is 0 Å². The molecule has 0 spiro atoms. The van der Waals surface area contributed by atoms with Crippen molar-refractivity contribution in [1.29, 1.82) is 0 Å². The van der Waals surface area contributed by atoms with Gasteiger partial charge in [0.15, 0.2) is 0 Å². The van der Waals surface area contributed by atoms with Gasteiger partial charge in [0, 0.05) is 18.6 Å². The fourth-order valence-corrected chi connectivity index (χ4v) is 4.46. The van der Waals surface area contributed by atoms with Crippen LogP contribution in [0.3, 0.4) is 0 Å². The Morgan fingerprint density at radius 2 is 2.10 bits per heavy atom. The fraction of sp³-hybridized carbons (Fsp3) is 0.733. The summed E-state index contributed by atoms with van der Waals surface area (Å²) < 4.78 is 0. The molecule has 3 heterocycles. The van der Waals surface area contributed by atoms with Crippen LogP contribution in [0.15, 0.2) is 6.20 Å². The van der Waals surface area contributed by atoms with Gasteiger partial charge in [-0.3, -0.25) is 9.69 Å². The Bertz CT molecular complexity index is 487. The molecule has 1 amide bonds. The quantitative estimate of drug-likeness (QED) is 0.859. The Kier molecular flexibility index (Phi) is 4.08. The highest BCUT2D eigenvalue weighted by Gasteiger charge is 2.39. The van der Waals surface area contributed by atoms with E-state index in [4.69, 9.17) is 0 Å². The first-order valence-corrected chi connectivity index (χ1v) is 8.49. The zero-order valence-electron chi connectivity index (χ0n) is 12.3. The molecule has 110 valence electrons. The molecule has 2 atom stereocenters. The van der Waals surface area contributed by atoms with Crippen LogP contribution in [0.2, 0.25) is 0 Å². The van der Waals surface area contributed by atoms with Crippen molar-refractivity contribution < 1.29 is 4.79 Å². The van der Waals surface area contributed by atoms with E-state index in [-0.39, 0.29) is 5.91 Å². The van der Waals surface area contributed by atoms with Gasteiger partial charge in [-0.15, -0.1) is 11.3 Å². The standard InChI is InChI=1S/C15H23N3OS/c1-3-17-8-4-6-12(17)13-7-5-9-18(13)15(19)14-10-16-11(2)20-14/h10,12-13H,3-9H2,1-2H3/t12-,13+/m0/s1. The van der Waals surface area contributed by atoms with Crippen molar-refractivity contribution in [2.45, 2.75) is 51.6 Å². The minimum absolute atomic E-state index is 0.195. The molecular weight excluding hydrogens is 270 g/mol. The van der Waals surface area contributed by atoms with Crippen molar-refractivity contribution in [3.8, 4) is 0 Å². The molecule has 1 aromatic heterocycles. The van der Waals surface area contributed by atoms with Crippen molar-refractivity contribution in [3.05, 3.63) is 16.1 Å². The summed E-state index contributed by atoms with van der Waals surface area (Å²) in [5.74, 6) is 0.195. The molecule has 5 heteroatoms. The largest absolute Gasteiger partial charge is 0.333 e. The van der Waals surface area contributed by atoms with Crippen LogP contribution in [0, 0.1) is 6.92 Å². The van der Waals surface area contributed by atoms with E-state index in [1.54, 1.807) is 6.20 Å². The molecule has 2 saturated heterocycles. The van der Waals surface area contributed by atoms with E-state index in [1.165, 1.54) is 30.7 Å². The minimum Gasteiger partial charge on any atom is -0.333 e. The SMILES string of the molecule is CCN1CCC[C@H]1[C@H]1CCCN1C(=O)c1cnc(C)s1. The normalized spacial score (nSPS) is 27.4. The number of hydrogen-bond acceptors (Lipinski definition) is 4. The molecule has 0 N–H and O–H groups in total. The van der Waals surface area contributed by atoms with Gasteiger partial charge in [0.1, 0.15) is 4.88 Å². The number of rotatable bonds is 3. The third-order valence-electron chi connectivity index (χ3n) is 4.66. The highest BCUT2D eigenvalue weighted by molar-refractivity contribution is 7.13. The minimum atomic E-state index is 0.195. The summed E-state index contributed by atoms with van der Waals surface area (Å²) in [6.07, 6.45) is 6.55. The second-order valence-electron chi connectivity index (χ2n) is 5.79. The van der Waals surface area contributed by atoms with Gasteiger partial charge in [-0.2, -0.15) is 0 Å². The monoisotopic (exact) mass is 293 g/mol. The molecule has 0 radical (unpaired) electrons. The molecule has 0 aromatic carbocycles. The first-order valence-electron chi connectivity index (χ1n) is 7.68. The van der Waals surface area contributed by atoms with E-state index >= 15 is 0 Å². The van der Waals surface area contributed by atoms with Gasteiger partial charge < -0.3 is 4.90 Å². The molecule has 1 aromatic rings. The number of aromatic nitrogens is 1. The van der Waals surface area contributed by atoms with Crippen LogP contribution in [-0.4, -0.2) is 52.4 Å². The molecule has 2 aliphatic heterocycles. The molecule has 0 aliphatic carbocycles. The number of thiazole rings is 1. The van der Waals surface area contributed by atoms with Crippen LogP contribution in [0.4, 0.5) is 0 Å². The predicted octanol–water partition coefficient (Wildman–Crippen LogP) is 2.54. The van der Waals surface area contributed by atoms with Gasteiger partial charge in [-0.25, -0.2) is 4.98 Å². The van der Waals surface area contributed by atoms with E-state index in [0.717, 1.165) is 35.8 Å². The molecule has 20 heavy (non-hydrogen) atoms. The smallest absolute Gasteiger partial charge is 0.265 e. The Morgan fingerprint density at radius 1 is 1.35 bits per heavy atom. The predicted molar refractivity (Wildman–Crippen MR) is 81.2 cm³/mol. The van der Waals surface area contributed by atoms with Gasteiger partial charge >= 0.3 is 0 Å². The van der Waals surface area contributed by atoms with Crippen LogP contribution < -0.4 is 0 Å². The number of aryl methyl sites for hydroxylation is 1. The van der Waals surface area contributed by atoms with Gasteiger partial charge in [0.2, 0.25) is 0 Å². The molecule has 0 saturated carbocycles. The van der Waals surface area contributed by atoms with E-state index in [0.29, 0.717) is 12.1 Å². The number of likely N-dealkylation sites (tertiary alicyclic amines) is 2. The van der Waals surface area contributed by atoms with Crippen LogP contribution in [0.25, 0.3) is 0 Å². The summed E-state index contributed by atoms with van der Waals surface area (Å²) in [6, 6.07) is 0.979. The van der Waals surface area contributed by atoms with E-state index < -0.39 is 0 Å². The Labute approximate surface area is 124 Å². The summed E-state index contributed by atoms with van der Waals surface area (Å²) >= 11 is 1.52. The Morgan fingerprint density at radius 3 is 2.80 bits per heavy atom. The summed E-state index contributed by atoms with van der Waals surface area (Å²) in [6.45, 7) is 7.39. The number of carbonyl (C=O) groups is 1. The molecule has 4 nitrogen and oxygen atoms in total. The molecule has 2 aliphatic rings. The maximum absolute atomic E-state index is 12.7. The maximum atomic E-state index is 12.7. The molecule has 2 fully saturated rings. The maximum Gasteiger partial charge on any atom is 0.265 e. The third kappa shape index (κ3) is 2.49. The second-order valence-corrected chi connectivity index (χ2v) is 7.02. The molecular formula is C15H23N3OS. The number of carbonyl (C=O) groups excluding carboxylic acids is 1. The average molecular weight is 293 g/mol. The summed E-state index contributed by atoms with van der Waals surface area (Å²) in [4.78, 5) is 22.4. The van der Waals surface area contributed by atoms with Crippen LogP contribution in [-0.2, 0) is 0 Å². The highest BCUT2D eigenvalue weighted by Crippen LogP contribution is 2.31. The molecule has 3 rings (SSSR count). The van der Waals surface area contributed by atoms with Crippen LogP contribution in [0.1, 0.15) is 47.3 Å². The third-order valence-corrected chi connectivity index (χ3v) is 5.56. The highest BCUT2D eigenvalue weighted by atomic mass is 32.1. The zero-order chi connectivity index (χ0) is 14.1. The van der Waals surface area contributed by atoms with Gasteiger partial charge in [0.05, 0.1) is 11.2 Å². The van der Waals surface area contributed by atoms with Crippen molar-refractivity contribution in [2.75, 3.05) is 19.6 Å². The number of hydrogen-bond donors (Lipinski definition) is 0. The first kappa shape index (κ1) is 14.0. The number of likely N-dealkylation sites (N-methyl/N-ethyl adjacent to an activating group) is 1. The lowest BCUT2D eigenvalue weighted by molar-refractivity contribution is 0.0654. The van der Waals surface area contributed by atoms with Crippen molar-refractivity contribution in [1.82, 2.24) is 14.8 Å². The summed E-state index contributed by atoms with van der Waals surface area (Å²) in [5.41, 5.74) is 0. The zero-order valence-corrected chi connectivity index (χ0v) is 13.2.